The molecular formula is C9H16N2O2S. The molecule has 0 atom stereocenters. The molecule has 4 nitrogen and oxygen atoms in total. The number of hydrogen-bond donors (Lipinski definition) is 0. The summed E-state index contributed by atoms with van der Waals surface area (Å²) in [6, 6.07) is 0. The number of hydrogen-bond acceptors (Lipinski definition) is 4. The molecule has 0 aromatic carbocycles. The van der Waals surface area contributed by atoms with Gasteiger partial charge in [0, 0.05) is 13.6 Å². The quantitative estimate of drug-likeness (QED) is 0.535. The zero-order chi connectivity index (χ0) is 11.2. The maximum Gasteiger partial charge on any atom is 0.410 e. The van der Waals surface area contributed by atoms with Crippen LogP contribution < -0.4 is 0 Å². The van der Waals surface area contributed by atoms with Gasteiger partial charge in [-0.05, 0) is 33.0 Å². The van der Waals surface area contributed by atoms with E-state index >= 15 is 0 Å². The number of carbonyl (C=O) groups excluding carboxylic acids is 1. The molecule has 0 fully saturated rings. The van der Waals surface area contributed by atoms with E-state index in [1.54, 1.807) is 7.05 Å². The van der Waals surface area contributed by atoms with E-state index in [0.717, 1.165) is 0 Å². The number of amides is 1. The molecule has 0 aromatic rings. The van der Waals surface area contributed by atoms with E-state index in [9.17, 15) is 4.79 Å². The third-order valence-electron chi connectivity index (χ3n) is 1.32. The number of isothiocyanates is 1. The Morgan fingerprint density at radius 3 is 2.57 bits per heavy atom. The van der Waals surface area contributed by atoms with Crippen LogP contribution in [-0.4, -0.2) is 41.9 Å². The first-order valence-electron chi connectivity index (χ1n) is 4.34. The number of nitrogens with zero attached hydrogens (tertiary/aromatic N) is 2. The van der Waals surface area contributed by atoms with Crippen LogP contribution in [0.3, 0.4) is 0 Å². The number of thiocarbonyl (C=S) groups is 1. The van der Waals surface area contributed by atoms with Crippen LogP contribution in [0, 0.1) is 0 Å². The molecule has 0 aliphatic rings. The standard InChI is InChI=1S/C9H16N2O2S/c1-9(2,3)13-8(12)11(4)6-5-10-7-14/h5-6H2,1-4H3. The third kappa shape index (κ3) is 6.57. The van der Waals surface area contributed by atoms with Crippen molar-refractivity contribution < 1.29 is 9.53 Å². The monoisotopic (exact) mass is 216 g/mol. The van der Waals surface area contributed by atoms with Gasteiger partial charge >= 0.3 is 6.09 Å². The molecule has 0 aromatic heterocycles. The summed E-state index contributed by atoms with van der Waals surface area (Å²) in [6.07, 6.45) is -0.350. The van der Waals surface area contributed by atoms with Gasteiger partial charge in [-0.1, -0.05) is 0 Å². The first-order valence-corrected chi connectivity index (χ1v) is 4.75. The van der Waals surface area contributed by atoms with E-state index in [1.807, 2.05) is 20.8 Å². The van der Waals surface area contributed by atoms with Crippen LogP contribution in [-0.2, 0) is 4.74 Å². The van der Waals surface area contributed by atoms with Gasteiger partial charge < -0.3 is 9.64 Å². The second kappa shape index (κ2) is 5.73. The summed E-state index contributed by atoms with van der Waals surface area (Å²) in [4.78, 5) is 16.5. The smallest absolute Gasteiger partial charge is 0.410 e. The molecule has 0 saturated carbocycles. The largest absolute Gasteiger partial charge is 0.444 e. The Labute approximate surface area is 89.9 Å². The molecule has 1 amide bonds. The highest BCUT2D eigenvalue weighted by molar-refractivity contribution is 7.78. The van der Waals surface area contributed by atoms with Crippen LogP contribution in [0.5, 0.6) is 0 Å². The zero-order valence-corrected chi connectivity index (χ0v) is 9.85. The van der Waals surface area contributed by atoms with Crippen LogP contribution in [0.2, 0.25) is 0 Å². The van der Waals surface area contributed by atoms with Gasteiger partial charge in [0.25, 0.3) is 0 Å². The Hall–Kier alpha value is -0.930. The summed E-state index contributed by atoms with van der Waals surface area (Å²) in [5, 5.41) is 2.24. The zero-order valence-electron chi connectivity index (χ0n) is 9.03. The van der Waals surface area contributed by atoms with E-state index < -0.39 is 5.60 Å². The fourth-order valence-corrected chi connectivity index (χ4v) is 0.768. The SMILES string of the molecule is CN(CCN=C=S)C(=O)OC(C)(C)C. The normalized spacial score (nSPS) is 10.3. The number of ether oxygens (including phenoxy) is 1. The lowest BCUT2D eigenvalue weighted by atomic mass is 10.2. The molecule has 0 heterocycles. The average Bonchev–Trinajstić information content (AvgIpc) is 2.01. The minimum Gasteiger partial charge on any atom is -0.444 e. The molecular weight excluding hydrogens is 200 g/mol. The molecule has 0 aliphatic carbocycles. The number of likely N-dealkylation sites (N-methyl/N-ethyl adjacent to an activating group) is 1. The van der Waals surface area contributed by atoms with Gasteiger partial charge in [-0.25, -0.2) is 9.79 Å². The number of aliphatic imine (C=N–C) groups is 1. The van der Waals surface area contributed by atoms with Gasteiger partial charge in [0.05, 0.1) is 11.7 Å². The van der Waals surface area contributed by atoms with E-state index in [2.05, 4.69) is 22.4 Å². The Balaban J connectivity index is 3.94. The third-order valence-corrected chi connectivity index (χ3v) is 1.45. The van der Waals surface area contributed by atoms with Gasteiger partial charge in [0.2, 0.25) is 0 Å². The summed E-state index contributed by atoms with van der Waals surface area (Å²) in [6.45, 7) is 6.42. The van der Waals surface area contributed by atoms with Crippen LogP contribution in [0.1, 0.15) is 20.8 Å². The lowest BCUT2D eigenvalue weighted by Gasteiger charge is -2.24. The Morgan fingerprint density at radius 1 is 1.57 bits per heavy atom. The minimum atomic E-state index is -0.460. The van der Waals surface area contributed by atoms with E-state index in [4.69, 9.17) is 4.74 Å². The van der Waals surface area contributed by atoms with Crippen molar-refractivity contribution in [2.24, 2.45) is 4.99 Å². The highest BCUT2D eigenvalue weighted by Gasteiger charge is 2.18. The van der Waals surface area contributed by atoms with Gasteiger partial charge in [-0.3, -0.25) is 0 Å². The van der Waals surface area contributed by atoms with Crippen LogP contribution >= 0.6 is 12.2 Å². The Kier molecular flexibility index (Phi) is 5.35. The van der Waals surface area contributed by atoms with E-state index in [1.165, 1.54) is 4.90 Å². The fraction of sp³-hybridized carbons (Fsp3) is 0.778. The fourth-order valence-electron chi connectivity index (χ4n) is 0.677. The molecule has 0 bridgehead atoms. The summed E-state index contributed by atoms with van der Waals surface area (Å²) >= 11 is 4.41. The van der Waals surface area contributed by atoms with Crippen molar-refractivity contribution in [1.82, 2.24) is 4.90 Å². The summed E-state index contributed by atoms with van der Waals surface area (Å²) in [5.74, 6) is 0. The van der Waals surface area contributed by atoms with Gasteiger partial charge in [-0.15, -0.1) is 0 Å². The molecule has 80 valence electrons. The first kappa shape index (κ1) is 13.1. The maximum absolute atomic E-state index is 11.4. The molecule has 0 radical (unpaired) electrons. The molecule has 0 saturated heterocycles. The van der Waals surface area contributed by atoms with Gasteiger partial charge in [0.1, 0.15) is 5.60 Å². The highest BCUT2D eigenvalue weighted by atomic mass is 32.1. The Bertz CT molecular complexity index is 242. The predicted octanol–water partition coefficient (Wildman–Crippen LogP) is 1.96. The molecule has 5 heteroatoms. The van der Waals surface area contributed by atoms with Crippen molar-refractivity contribution in [3.05, 3.63) is 0 Å². The summed E-state index contributed by atoms with van der Waals surface area (Å²) in [5.41, 5.74) is -0.460. The van der Waals surface area contributed by atoms with Crippen molar-refractivity contribution in [2.75, 3.05) is 20.1 Å². The summed E-state index contributed by atoms with van der Waals surface area (Å²) in [7, 11) is 1.66. The lowest BCUT2D eigenvalue weighted by molar-refractivity contribution is 0.0304. The van der Waals surface area contributed by atoms with Gasteiger partial charge in [-0.2, -0.15) is 0 Å². The van der Waals surface area contributed by atoms with Crippen molar-refractivity contribution in [2.45, 2.75) is 26.4 Å². The van der Waals surface area contributed by atoms with Crippen molar-refractivity contribution in [3.63, 3.8) is 0 Å². The summed E-state index contributed by atoms with van der Waals surface area (Å²) < 4.78 is 5.13. The van der Waals surface area contributed by atoms with Crippen LogP contribution in [0.25, 0.3) is 0 Å². The second-order valence-electron chi connectivity index (χ2n) is 3.87. The highest BCUT2D eigenvalue weighted by Crippen LogP contribution is 2.08. The predicted molar refractivity (Wildman–Crippen MR) is 58.8 cm³/mol. The average molecular weight is 216 g/mol. The van der Waals surface area contributed by atoms with Crippen molar-refractivity contribution >= 4 is 23.5 Å². The second-order valence-corrected chi connectivity index (χ2v) is 4.06. The molecule has 0 spiro atoms. The Morgan fingerprint density at radius 2 is 2.14 bits per heavy atom. The molecule has 0 aliphatic heterocycles. The number of carbonyl (C=O) groups is 1. The maximum atomic E-state index is 11.4. The molecule has 0 N–H and O–H groups in total. The van der Waals surface area contributed by atoms with Crippen LogP contribution in [0.4, 0.5) is 4.79 Å². The lowest BCUT2D eigenvalue weighted by Crippen LogP contribution is -2.35. The molecule has 0 rings (SSSR count). The van der Waals surface area contributed by atoms with Crippen molar-refractivity contribution in [1.29, 1.82) is 0 Å². The molecule has 14 heavy (non-hydrogen) atoms. The number of rotatable bonds is 3. The van der Waals surface area contributed by atoms with Crippen molar-refractivity contribution in [3.8, 4) is 0 Å². The first-order chi connectivity index (χ1) is 6.37. The van der Waals surface area contributed by atoms with E-state index in [0.29, 0.717) is 13.1 Å². The van der Waals surface area contributed by atoms with E-state index in [-0.39, 0.29) is 6.09 Å². The van der Waals surface area contributed by atoms with Crippen LogP contribution in [0.15, 0.2) is 4.99 Å². The topological polar surface area (TPSA) is 41.9 Å². The minimum absolute atomic E-state index is 0.350. The molecule has 0 unspecified atom stereocenters. The van der Waals surface area contributed by atoms with Gasteiger partial charge in [0.15, 0.2) is 0 Å².